The van der Waals surface area contributed by atoms with Crippen LogP contribution in [0.5, 0.6) is 0 Å². The molecule has 0 radical (unpaired) electrons. The van der Waals surface area contributed by atoms with Crippen LogP contribution in [0.3, 0.4) is 0 Å². The predicted octanol–water partition coefficient (Wildman–Crippen LogP) is 1.58. The Morgan fingerprint density at radius 2 is 1.94 bits per heavy atom. The minimum Gasteiger partial charge on any atom is -0.396 e. The summed E-state index contributed by atoms with van der Waals surface area (Å²) in [5, 5.41) is 9.13. The van der Waals surface area contributed by atoms with Crippen molar-refractivity contribution in [2.45, 2.75) is 25.4 Å². The third-order valence-corrected chi connectivity index (χ3v) is 3.77. The molecular weight excluding hydrogens is 212 g/mol. The van der Waals surface area contributed by atoms with Gasteiger partial charge in [0.2, 0.25) is 0 Å². The molecule has 17 heavy (non-hydrogen) atoms. The van der Waals surface area contributed by atoms with Crippen molar-refractivity contribution in [1.82, 2.24) is 4.90 Å². The number of nitrogens with zero attached hydrogens (tertiary/aromatic N) is 2. The number of benzene rings is 1. The van der Waals surface area contributed by atoms with Gasteiger partial charge >= 0.3 is 0 Å². The summed E-state index contributed by atoms with van der Waals surface area (Å²) in [6, 6.07) is 11.5. The molecule has 0 spiro atoms. The number of hydrogen-bond acceptors (Lipinski definition) is 3. The van der Waals surface area contributed by atoms with Crippen molar-refractivity contribution in [2.75, 3.05) is 31.6 Å². The molecule has 3 nitrogen and oxygen atoms in total. The molecule has 1 aromatic rings. The van der Waals surface area contributed by atoms with Crippen LogP contribution in [0.1, 0.15) is 13.3 Å². The van der Waals surface area contributed by atoms with E-state index < -0.39 is 0 Å². The summed E-state index contributed by atoms with van der Waals surface area (Å²) in [6.45, 7) is 4.58. The molecule has 2 rings (SSSR count). The molecule has 3 heteroatoms. The first-order valence-electron chi connectivity index (χ1n) is 6.35. The summed E-state index contributed by atoms with van der Waals surface area (Å²) in [6.07, 6.45) is 0.851. The van der Waals surface area contributed by atoms with Gasteiger partial charge in [-0.05, 0) is 32.5 Å². The zero-order chi connectivity index (χ0) is 12.3. The Kier molecular flexibility index (Phi) is 4.02. The maximum absolute atomic E-state index is 9.13. The average molecular weight is 234 g/mol. The van der Waals surface area contributed by atoms with Crippen molar-refractivity contribution >= 4 is 5.69 Å². The number of aliphatic hydroxyl groups excluding tert-OH is 1. The standard InChI is InChI=1S/C14H22N2O/c1-12-10-16(13-6-4-3-5-7-13)11-14(8-9-17)15(12)2/h3-7,12,14,17H,8-11H2,1-2H3. The molecule has 1 aliphatic heterocycles. The second kappa shape index (κ2) is 5.52. The van der Waals surface area contributed by atoms with Crippen molar-refractivity contribution in [3.63, 3.8) is 0 Å². The second-order valence-electron chi connectivity index (χ2n) is 4.92. The lowest BCUT2D eigenvalue weighted by Crippen LogP contribution is -2.56. The summed E-state index contributed by atoms with van der Waals surface area (Å²) >= 11 is 0. The van der Waals surface area contributed by atoms with Crippen molar-refractivity contribution in [3.8, 4) is 0 Å². The summed E-state index contributed by atoms with van der Waals surface area (Å²) in [4.78, 5) is 4.81. The van der Waals surface area contributed by atoms with Gasteiger partial charge in [0.1, 0.15) is 0 Å². The third-order valence-electron chi connectivity index (χ3n) is 3.77. The van der Waals surface area contributed by atoms with Crippen LogP contribution < -0.4 is 4.90 Å². The third kappa shape index (κ3) is 2.79. The van der Waals surface area contributed by atoms with E-state index in [1.54, 1.807) is 0 Å². The molecule has 1 fully saturated rings. The average Bonchev–Trinajstić information content (AvgIpc) is 2.36. The Morgan fingerprint density at radius 3 is 2.59 bits per heavy atom. The van der Waals surface area contributed by atoms with E-state index in [-0.39, 0.29) is 6.61 Å². The zero-order valence-corrected chi connectivity index (χ0v) is 10.7. The van der Waals surface area contributed by atoms with E-state index in [0.717, 1.165) is 19.5 Å². The van der Waals surface area contributed by atoms with Gasteiger partial charge in [-0.25, -0.2) is 0 Å². The number of rotatable bonds is 3. The fourth-order valence-corrected chi connectivity index (χ4v) is 2.56. The van der Waals surface area contributed by atoms with Crippen molar-refractivity contribution in [1.29, 1.82) is 0 Å². The summed E-state index contributed by atoms with van der Waals surface area (Å²) < 4.78 is 0. The highest BCUT2D eigenvalue weighted by atomic mass is 16.3. The number of likely N-dealkylation sites (N-methyl/N-ethyl adjacent to an activating group) is 1. The Morgan fingerprint density at radius 1 is 1.24 bits per heavy atom. The highest BCUT2D eigenvalue weighted by Gasteiger charge is 2.28. The molecule has 1 aromatic carbocycles. The van der Waals surface area contributed by atoms with Gasteiger partial charge in [-0.1, -0.05) is 18.2 Å². The van der Waals surface area contributed by atoms with Crippen LogP contribution in [0.25, 0.3) is 0 Å². The van der Waals surface area contributed by atoms with E-state index in [4.69, 9.17) is 5.11 Å². The topological polar surface area (TPSA) is 26.7 Å². The van der Waals surface area contributed by atoms with Crippen LogP contribution in [-0.4, -0.2) is 48.8 Å². The molecule has 1 aliphatic rings. The predicted molar refractivity (Wildman–Crippen MR) is 71.4 cm³/mol. The first kappa shape index (κ1) is 12.4. The van der Waals surface area contributed by atoms with Crippen molar-refractivity contribution in [3.05, 3.63) is 30.3 Å². The van der Waals surface area contributed by atoms with Gasteiger partial charge < -0.3 is 10.0 Å². The molecule has 0 amide bonds. The van der Waals surface area contributed by atoms with Gasteiger partial charge in [0, 0.05) is 37.5 Å². The van der Waals surface area contributed by atoms with E-state index >= 15 is 0 Å². The summed E-state index contributed by atoms with van der Waals surface area (Å²) in [5.74, 6) is 0. The molecule has 0 saturated carbocycles. The van der Waals surface area contributed by atoms with Crippen LogP contribution in [-0.2, 0) is 0 Å². The number of para-hydroxylation sites is 1. The van der Waals surface area contributed by atoms with Gasteiger partial charge in [-0.2, -0.15) is 0 Å². The summed E-state index contributed by atoms with van der Waals surface area (Å²) in [5.41, 5.74) is 1.29. The number of piperazine rings is 1. The number of anilines is 1. The highest BCUT2D eigenvalue weighted by Crippen LogP contribution is 2.22. The van der Waals surface area contributed by atoms with E-state index in [1.807, 2.05) is 6.07 Å². The second-order valence-corrected chi connectivity index (χ2v) is 4.92. The Balaban J connectivity index is 2.10. The maximum Gasteiger partial charge on any atom is 0.0446 e. The van der Waals surface area contributed by atoms with Crippen LogP contribution in [0.15, 0.2) is 30.3 Å². The van der Waals surface area contributed by atoms with Gasteiger partial charge in [0.25, 0.3) is 0 Å². The van der Waals surface area contributed by atoms with Crippen LogP contribution >= 0.6 is 0 Å². The SMILES string of the molecule is CC1CN(c2ccccc2)CC(CCO)N1C. The molecule has 2 atom stereocenters. The van der Waals surface area contributed by atoms with Crippen LogP contribution in [0.4, 0.5) is 5.69 Å². The first-order valence-corrected chi connectivity index (χ1v) is 6.35. The normalized spacial score (nSPS) is 26.2. The van der Waals surface area contributed by atoms with Crippen molar-refractivity contribution < 1.29 is 5.11 Å². The maximum atomic E-state index is 9.13. The lowest BCUT2D eigenvalue weighted by molar-refractivity contribution is 0.128. The Hall–Kier alpha value is -1.06. The molecule has 0 aliphatic carbocycles. The van der Waals surface area contributed by atoms with Gasteiger partial charge in [0.05, 0.1) is 0 Å². The highest BCUT2D eigenvalue weighted by molar-refractivity contribution is 5.46. The van der Waals surface area contributed by atoms with Crippen LogP contribution in [0, 0.1) is 0 Å². The summed E-state index contributed by atoms with van der Waals surface area (Å²) in [7, 11) is 2.16. The van der Waals surface area contributed by atoms with Crippen molar-refractivity contribution in [2.24, 2.45) is 0 Å². The van der Waals surface area contributed by atoms with Gasteiger partial charge in [-0.3, -0.25) is 4.90 Å². The minimum absolute atomic E-state index is 0.268. The van der Waals surface area contributed by atoms with Gasteiger partial charge in [0.15, 0.2) is 0 Å². The molecule has 0 bridgehead atoms. The largest absolute Gasteiger partial charge is 0.396 e. The zero-order valence-electron chi connectivity index (χ0n) is 10.7. The molecule has 0 aromatic heterocycles. The molecule has 94 valence electrons. The molecule has 1 saturated heterocycles. The fourth-order valence-electron chi connectivity index (χ4n) is 2.56. The lowest BCUT2D eigenvalue weighted by Gasteiger charge is -2.44. The Labute approximate surface area is 104 Å². The minimum atomic E-state index is 0.268. The van der Waals surface area contributed by atoms with E-state index in [2.05, 4.69) is 48.0 Å². The quantitative estimate of drug-likeness (QED) is 0.860. The molecule has 1 heterocycles. The van der Waals surface area contributed by atoms with E-state index in [0.29, 0.717) is 12.1 Å². The fraction of sp³-hybridized carbons (Fsp3) is 0.571. The van der Waals surface area contributed by atoms with E-state index in [9.17, 15) is 0 Å². The molecular formula is C14H22N2O. The lowest BCUT2D eigenvalue weighted by atomic mass is 10.0. The van der Waals surface area contributed by atoms with Crippen LogP contribution in [0.2, 0.25) is 0 Å². The Bertz CT molecular complexity index is 341. The number of hydrogen-bond donors (Lipinski definition) is 1. The van der Waals surface area contributed by atoms with E-state index in [1.165, 1.54) is 5.69 Å². The number of aliphatic hydroxyl groups is 1. The van der Waals surface area contributed by atoms with Gasteiger partial charge in [-0.15, -0.1) is 0 Å². The smallest absolute Gasteiger partial charge is 0.0446 e. The monoisotopic (exact) mass is 234 g/mol. The first-order chi connectivity index (χ1) is 8.22. The molecule has 1 N–H and O–H groups in total. The molecule has 2 unspecified atom stereocenters.